The summed E-state index contributed by atoms with van der Waals surface area (Å²) >= 11 is 0. The van der Waals surface area contributed by atoms with Crippen LogP contribution in [0.2, 0.25) is 0 Å². The maximum atomic E-state index is 4.59. The molecule has 0 amide bonds. The zero-order chi connectivity index (χ0) is 14.1. The van der Waals surface area contributed by atoms with Crippen molar-refractivity contribution < 1.29 is 0 Å². The molecule has 0 bridgehead atoms. The molecule has 0 aliphatic rings. The molecule has 0 aliphatic heterocycles. The van der Waals surface area contributed by atoms with Crippen LogP contribution < -0.4 is 5.32 Å². The molecule has 1 atom stereocenters. The minimum absolute atomic E-state index is 0.494. The van der Waals surface area contributed by atoms with Crippen LogP contribution in [0.1, 0.15) is 52.3 Å². The topological polar surface area (TPSA) is 33.1 Å². The zero-order valence-electron chi connectivity index (χ0n) is 13.0. The lowest BCUT2D eigenvalue weighted by atomic mass is 10.3. The molecule has 0 saturated heterocycles. The van der Waals surface area contributed by atoms with E-state index in [1.165, 1.54) is 13.0 Å². The smallest absolute Gasteiger partial charge is 0.0762 e. The van der Waals surface area contributed by atoms with Crippen molar-refractivity contribution in [3.63, 3.8) is 0 Å². The van der Waals surface area contributed by atoms with E-state index in [0.717, 1.165) is 38.3 Å². The Bertz CT molecular complexity index is 335. The molecule has 110 valence electrons. The fourth-order valence-electron chi connectivity index (χ4n) is 2.10. The average Bonchev–Trinajstić information content (AvgIpc) is 2.90. The van der Waals surface area contributed by atoms with Crippen LogP contribution in [0.15, 0.2) is 12.3 Å². The van der Waals surface area contributed by atoms with Crippen LogP contribution in [-0.4, -0.2) is 40.9 Å². The molecule has 0 aliphatic carbocycles. The van der Waals surface area contributed by atoms with Gasteiger partial charge in [-0.15, -0.1) is 0 Å². The molecule has 4 nitrogen and oxygen atoms in total. The highest BCUT2D eigenvalue weighted by Crippen LogP contribution is 2.08. The van der Waals surface area contributed by atoms with Gasteiger partial charge in [-0.1, -0.05) is 20.8 Å². The van der Waals surface area contributed by atoms with Crippen LogP contribution in [-0.2, 0) is 6.54 Å². The van der Waals surface area contributed by atoms with Gasteiger partial charge in [0.15, 0.2) is 0 Å². The van der Waals surface area contributed by atoms with Gasteiger partial charge in [-0.05, 0) is 38.9 Å². The number of nitrogens with one attached hydrogen (secondary N) is 1. The molecule has 1 rings (SSSR count). The fraction of sp³-hybridized carbons (Fsp3) is 0.800. The third-order valence-electron chi connectivity index (χ3n) is 3.60. The van der Waals surface area contributed by atoms with Gasteiger partial charge in [-0.2, -0.15) is 5.10 Å². The van der Waals surface area contributed by atoms with Crippen molar-refractivity contribution in [2.45, 2.75) is 53.1 Å². The molecular weight excluding hydrogens is 236 g/mol. The molecule has 0 saturated carbocycles. The Morgan fingerprint density at radius 3 is 2.74 bits per heavy atom. The summed E-state index contributed by atoms with van der Waals surface area (Å²) in [6.45, 7) is 14.2. The Morgan fingerprint density at radius 2 is 2.11 bits per heavy atom. The summed E-state index contributed by atoms with van der Waals surface area (Å²) in [6.07, 6.45) is 4.44. The normalized spacial score (nSPS) is 13.1. The van der Waals surface area contributed by atoms with E-state index in [2.05, 4.69) is 60.0 Å². The lowest BCUT2D eigenvalue weighted by Gasteiger charge is -2.19. The number of likely N-dealkylation sites (N-methyl/N-ethyl adjacent to an activating group) is 1. The van der Waals surface area contributed by atoms with Gasteiger partial charge in [-0.3, -0.25) is 4.68 Å². The van der Waals surface area contributed by atoms with Gasteiger partial charge in [0, 0.05) is 31.9 Å². The number of rotatable bonds is 10. The van der Waals surface area contributed by atoms with Crippen molar-refractivity contribution in [2.24, 2.45) is 0 Å². The minimum Gasteiger partial charge on any atom is -0.310 e. The highest BCUT2D eigenvalue weighted by molar-refractivity contribution is 4.99. The number of aromatic nitrogens is 2. The van der Waals surface area contributed by atoms with Crippen molar-refractivity contribution in [3.8, 4) is 0 Å². The first kappa shape index (κ1) is 16.2. The summed E-state index contributed by atoms with van der Waals surface area (Å²) in [4.78, 5) is 2.48. The van der Waals surface area contributed by atoms with E-state index in [0.29, 0.717) is 6.04 Å². The van der Waals surface area contributed by atoms with E-state index >= 15 is 0 Å². The second kappa shape index (κ2) is 9.10. The van der Waals surface area contributed by atoms with E-state index in [9.17, 15) is 0 Å². The van der Waals surface area contributed by atoms with Crippen molar-refractivity contribution >= 4 is 0 Å². The lowest BCUT2D eigenvalue weighted by Crippen LogP contribution is -2.32. The van der Waals surface area contributed by atoms with Crippen LogP contribution in [0.25, 0.3) is 0 Å². The second-order valence-electron chi connectivity index (χ2n) is 5.16. The largest absolute Gasteiger partial charge is 0.310 e. The van der Waals surface area contributed by atoms with Crippen LogP contribution in [0.4, 0.5) is 0 Å². The van der Waals surface area contributed by atoms with E-state index in [1.807, 2.05) is 0 Å². The van der Waals surface area contributed by atoms with E-state index in [4.69, 9.17) is 0 Å². The number of hydrogen-bond donors (Lipinski definition) is 1. The first-order valence-electron chi connectivity index (χ1n) is 7.68. The summed E-state index contributed by atoms with van der Waals surface area (Å²) in [5.74, 6) is 0. The highest BCUT2D eigenvalue weighted by atomic mass is 15.3. The third-order valence-corrected chi connectivity index (χ3v) is 3.60. The standard InChI is InChI=1S/C15H30N4/c1-5-10-18(7-3)12-9-16-13-15-8-11-19(17-15)14(4)6-2/h8,11,14,16H,5-7,9-10,12-13H2,1-4H3. The zero-order valence-corrected chi connectivity index (χ0v) is 13.0. The molecular formula is C15H30N4. The molecule has 0 spiro atoms. The van der Waals surface area contributed by atoms with Crippen molar-refractivity contribution in [1.29, 1.82) is 0 Å². The van der Waals surface area contributed by atoms with E-state index in [1.54, 1.807) is 0 Å². The van der Waals surface area contributed by atoms with Gasteiger partial charge in [0.2, 0.25) is 0 Å². The Balaban J connectivity index is 2.23. The summed E-state index contributed by atoms with van der Waals surface area (Å²) in [7, 11) is 0. The summed E-state index contributed by atoms with van der Waals surface area (Å²) in [5, 5.41) is 8.07. The van der Waals surface area contributed by atoms with Gasteiger partial charge in [0.05, 0.1) is 5.69 Å². The minimum atomic E-state index is 0.494. The molecule has 1 heterocycles. The predicted octanol–water partition coefficient (Wildman–Crippen LogP) is 2.68. The first-order chi connectivity index (χ1) is 9.21. The summed E-state index contributed by atoms with van der Waals surface area (Å²) in [5.41, 5.74) is 1.14. The monoisotopic (exact) mass is 266 g/mol. The second-order valence-corrected chi connectivity index (χ2v) is 5.16. The quantitative estimate of drug-likeness (QED) is 0.661. The number of hydrogen-bond acceptors (Lipinski definition) is 3. The van der Waals surface area contributed by atoms with E-state index < -0.39 is 0 Å². The van der Waals surface area contributed by atoms with Crippen molar-refractivity contribution in [1.82, 2.24) is 20.0 Å². The van der Waals surface area contributed by atoms with Gasteiger partial charge in [0.1, 0.15) is 0 Å². The molecule has 1 N–H and O–H groups in total. The molecule has 1 aromatic rings. The lowest BCUT2D eigenvalue weighted by molar-refractivity contribution is 0.287. The van der Waals surface area contributed by atoms with E-state index in [-0.39, 0.29) is 0 Å². The van der Waals surface area contributed by atoms with Crippen LogP contribution >= 0.6 is 0 Å². The van der Waals surface area contributed by atoms with Gasteiger partial charge >= 0.3 is 0 Å². The molecule has 0 fully saturated rings. The maximum Gasteiger partial charge on any atom is 0.0762 e. The molecule has 19 heavy (non-hydrogen) atoms. The highest BCUT2D eigenvalue weighted by Gasteiger charge is 2.04. The first-order valence-corrected chi connectivity index (χ1v) is 7.68. The van der Waals surface area contributed by atoms with Crippen LogP contribution in [0, 0.1) is 0 Å². The van der Waals surface area contributed by atoms with Crippen LogP contribution in [0.3, 0.4) is 0 Å². The maximum absolute atomic E-state index is 4.59. The summed E-state index contributed by atoms with van der Waals surface area (Å²) < 4.78 is 2.06. The molecule has 0 radical (unpaired) electrons. The predicted molar refractivity (Wildman–Crippen MR) is 81.3 cm³/mol. The SMILES string of the molecule is CCCN(CC)CCNCc1ccn(C(C)CC)n1. The van der Waals surface area contributed by atoms with Gasteiger partial charge < -0.3 is 10.2 Å². The molecule has 1 aromatic heterocycles. The van der Waals surface area contributed by atoms with Gasteiger partial charge in [-0.25, -0.2) is 0 Å². The van der Waals surface area contributed by atoms with Gasteiger partial charge in [0.25, 0.3) is 0 Å². The summed E-state index contributed by atoms with van der Waals surface area (Å²) in [6, 6.07) is 2.61. The number of nitrogens with zero attached hydrogens (tertiary/aromatic N) is 3. The Labute approximate surface area is 118 Å². The van der Waals surface area contributed by atoms with Crippen molar-refractivity contribution in [3.05, 3.63) is 18.0 Å². The average molecular weight is 266 g/mol. The Kier molecular flexibility index (Phi) is 7.75. The Morgan fingerprint density at radius 1 is 1.32 bits per heavy atom. The molecule has 1 unspecified atom stereocenters. The van der Waals surface area contributed by atoms with Crippen molar-refractivity contribution in [2.75, 3.05) is 26.2 Å². The molecule has 4 heteroatoms. The van der Waals surface area contributed by atoms with Crippen LogP contribution in [0.5, 0.6) is 0 Å². The molecule has 0 aromatic carbocycles. The Hall–Kier alpha value is -0.870. The fourth-order valence-corrected chi connectivity index (χ4v) is 2.10. The third kappa shape index (κ3) is 5.74.